The van der Waals surface area contributed by atoms with Crippen molar-refractivity contribution in [3.05, 3.63) is 47.1 Å². The Labute approximate surface area is 142 Å². The zero-order valence-electron chi connectivity index (χ0n) is 14.1. The van der Waals surface area contributed by atoms with E-state index >= 15 is 0 Å². The summed E-state index contributed by atoms with van der Waals surface area (Å²) >= 11 is 0. The van der Waals surface area contributed by atoms with Crippen LogP contribution in [0, 0.1) is 6.92 Å². The lowest BCUT2D eigenvalue weighted by Gasteiger charge is -2.29. The van der Waals surface area contributed by atoms with Gasteiger partial charge >= 0.3 is 0 Å². The van der Waals surface area contributed by atoms with Gasteiger partial charge in [-0.3, -0.25) is 0 Å². The highest BCUT2D eigenvalue weighted by Crippen LogP contribution is 2.28. The SMILES string of the molecule is CCS(=O)(=O)N1CCC(c2nc(Cc3ccccc3C)no2)CC1. The van der Waals surface area contributed by atoms with Crippen molar-refractivity contribution in [3.63, 3.8) is 0 Å². The van der Waals surface area contributed by atoms with Crippen molar-refractivity contribution < 1.29 is 12.9 Å². The molecule has 2 heterocycles. The second-order valence-corrected chi connectivity index (χ2v) is 8.48. The van der Waals surface area contributed by atoms with Gasteiger partial charge in [0.15, 0.2) is 5.82 Å². The molecule has 0 amide bonds. The summed E-state index contributed by atoms with van der Waals surface area (Å²) in [5.74, 6) is 1.61. The summed E-state index contributed by atoms with van der Waals surface area (Å²) in [6.45, 7) is 4.80. The average molecular weight is 349 g/mol. The molecule has 0 radical (unpaired) electrons. The molecule has 1 fully saturated rings. The first-order valence-electron chi connectivity index (χ1n) is 8.34. The number of sulfonamides is 1. The van der Waals surface area contributed by atoms with E-state index < -0.39 is 10.0 Å². The van der Waals surface area contributed by atoms with Gasteiger partial charge < -0.3 is 4.52 Å². The minimum Gasteiger partial charge on any atom is -0.339 e. The third-order valence-corrected chi connectivity index (χ3v) is 6.54. The number of hydrogen-bond acceptors (Lipinski definition) is 5. The van der Waals surface area contributed by atoms with Gasteiger partial charge in [-0.05, 0) is 37.8 Å². The van der Waals surface area contributed by atoms with Crippen LogP contribution in [0.2, 0.25) is 0 Å². The monoisotopic (exact) mass is 349 g/mol. The smallest absolute Gasteiger partial charge is 0.229 e. The maximum Gasteiger partial charge on any atom is 0.229 e. The Balaban J connectivity index is 1.64. The van der Waals surface area contributed by atoms with Gasteiger partial charge in [0.05, 0.1) is 5.75 Å². The Morgan fingerprint density at radius 2 is 1.96 bits per heavy atom. The fraction of sp³-hybridized carbons (Fsp3) is 0.529. The summed E-state index contributed by atoms with van der Waals surface area (Å²) in [4.78, 5) is 4.53. The number of aryl methyl sites for hydroxylation is 1. The van der Waals surface area contributed by atoms with Crippen molar-refractivity contribution in [2.75, 3.05) is 18.8 Å². The van der Waals surface area contributed by atoms with E-state index in [0.29, 0.717) is 31.2 Å². The van der Waals surface area contributed by atoms with Crippen LogP contribution in [0.1, 0.15) is 48.5 Å². The maximum atomic E-state index is 11.9. The van der Waals surface area contributed by atoms with E-state index in [1.54, 1.807) is 11.2 Å². The minimum absolute atomic E-state index is 0.145. The molecule has 0 saturated carbocycles. The molecular weight excluding hydrogens is 326 g/mol. The zero-order chi connectivity index (χ0) is 17.2. The standard InChI is InChI=1S/C17H23N3O3S/c1-3-24(21,22)20-10-8-14(9-11-20)17-18-16(19-23-17)12-15-7-5-4-6-13(15)2/h4-7,14H,3,8-12H2,1-2H3. The van der Waals surface area contributed by atoms with E-state index in [9.17, 15) is 8.42 Å². The molecule has 0 bridgehead atoms. The highest BCUT2D eigenvalue weighted by atomic mass is 32.2. The Bertz CT molecular complexity index is 793. The molecular formula is C17H23N3O3S. The van der Waals surface area contributed by atoms with Crippen LogP contribution in [-0.4, -0.2) is 41.7 Å². The third-order valence-electron chi connectivity index (χ3n) is 4.65. The number of hydrogen-bond donors (Lipinski definition) is 0. The van der Waals surface area contributed by atoms with Gasteiger partial charge in [0.2, 0.25) is 15.9 Å². The summed E-state index contributed by atoms with van der Waals surface area (Å²) in [5, 5.41) is 4.09. The number of rotatable bonds is 5. The van der Waals surface area contributed by atoms with Gasteiger partial charge in [0, 0.05) is 25.4 Å². The van der Waals surface area contributed by atoms with Crippen molar-refractivity contribution in [1.29, 1.82) is 0 Å². The van der Waals surface area contributed by atoms with Gasteiger partial charge in [-0.15, -0.1) is 0 Å². The predicted molar refractivity (Wildman–Crippen MR) is 91.3 cm³/mol. The second-order valence-electron chi connectivity index (χ2n) is 6.23. The molecule has 1 aliphatic rings. The highest BCUT2D eigenvalue weighted by molar-refractivity contribution is 7.89. The van der Waals surface area contributed by atoms with Crippen LogP contribution in [0.3, 0.4) is 0 Å². The van der Waals surface area contributed by atoms with Gasteiger partial charge in [-0.2, -0.15) is 4.98 Å². The van der Waals surface area contributed by atoms with E-state index in [4.69, 9.17) is 4.52 Å². The van der Waals surface area contributed by atoms with Crippen LogP contribution in [-0.2, 0) is 16.4 Å². The molecule has 2 aromatic rings. The molecule has 0 aliphatic carbocycles. The normalized spacial score (nSPS) is 17.2. The number of benzene rings is 1. The van der Waals surface area contributed by atoms with Crippen LogP contribution in [0.25, 0.3) is 0 Å². The first-order chi connectivity index (χ1) is 11.5. The van der Waals surface area contributed by atoms with Crippen molar-refractivity contribution >= 4 is 10.0 Å². The van der Waals surface area contributed by atoms with E-state index in [2.05, 4.69) is 29.2 Å². The van der Waals surface area contributed by atoms with Crippen LogP contribution in [0.4, 0.5) is 0 Å². The lowest BCUT2D eigenvalue weighted by molar-refractivity contribution is 0.270. The molecule has 1 saturated heterocycles. The Morgan fingerprint density at radius 1 is 1.25 bits per heavy atom. The Hall–Kier alpha value is -1.73. The molecule has 24 heavy (non-hydrogen) atoms. The quantitative estimate of drug-likeness (QED) is 0.829. The van der Waals surface area contributed by atoms with Crippen LogP contribution in [0.15, 0.2) is 28.8 Å². The molecule has 130 valence electrons. The van der Waals surface area contributed by atoms with Gasteiger partial charge in [-0.1, -0.05) is 29.4 Å². The molecule has 0 spiro atoms. The first kappa shape index (κ1) is 17.1. The molecule has 6 nitrogen and oxygen atoms in total. The molecule has 1 aliphatic heterocycles. The first-order valence-corrected chi connectivity index (χ1v) is 9.95. The third kappa shape index (κ3) is 3.67. The molecule has 1 aromatic carbocycles. The second kappa shape index (κ2) is 7.03. The topological polar surface area (TPSA) is 76.3 Å². The summed E-state index contributed by atoms with van der Waals surface area (Å²) in [6.07, 6.45) is 2.11. The lowest BCUT2D eigenvalue weighted by Crippen LogP contribution is -2.38. The summed E-state index contributed by atoms with van der Waals surface area (Å²) in [6, 6.07) is 8.16. The van der Waals surface area contributed by atoms with Crippen LogP contribution >= 0.6 is 0 Å². The molecule has 7 heteroatoms. The number of piperidine rings is 1. The van der Waals surface area contributed by atoms with Crippen molar-refractivity contribution in [3.8, 4) is 0 Å². The summed E-state index contributed by atoms with van der Waals surface area (Å²) < 4.78 is 30.8. The zero-order valence-corrected chi connectivity index (χ0v) is 14.9. The van der Waals surface area contributed by atoms with Crippen molar-refractivity contribution in [2.24, 2.45) is 0 Å². The van der Waals surface area contributed by atoms with E-state index in [0.717, 1.165) is 12.8 Å². The van der Waals surface area contributed by atoms with Crippen molar-refractivity contribution in [2.45, 2.75) is 39.0 Å². The van der Waals surface area contributed by atoms with E-state index in [1.165, 1.54) is 11.1 Å². The summed E-state index contributed by atoms with van der Waals surface area (Å²) in [5.41, 5.74) is 2.40. The maximum absolute atomic E-state index is 11.9. The lowest BCUT2D eigenvalue weighted by atomic mass is 9.98. The molecule has 0 N–H and O–H groups in total. The van der Waals surface area contributed by atoms with E-state index in [-0.39, 0.29) is 11.7 Å². The van der Waals surface area contributed by atoms with Gasteiger partial charge in [0.25, 0.3) is 0 Å². The molecule has 0 unspecified atom stereocenters. The Kier molecular flexibility index (Phi) is 5.01. The summed E-state index contributed by atoms with van der Waals surface area (Å²) in [7, 11) is -3.10. The fourth-order valence-corrected chi connectivity index (χ4v) is 4.18. The largest absolute Gasteiger partial charge is 0.339 e. The fourth-order valence-electron chi connectivity index (χ4n) is 3.05. The van der Waals surface area contributed by atoms with Crippen LogP contribution in [0.5, 0.6) is 0 Å². The van der Waals surface area contributed by atoms with E-state index in [1.807, 2.05) is 12.1 Å². The van der Waals surface area contributed by atoms with Gasteiger partial charge in [-0.25, -0.2) is 12.7 Å². The van der Waals surface area contributed by atoms with Gasteiger partial charge in [0.1, 0.15) is 0 Å². The molecule has 0 atom stereocenters. The molecule has 3 rings (SSSR count). The number of aromatic nitrogens is 2. The Morgan fingerprint density at radius 3 is 2.62 bits per heavy atom. The highest BCUT2D eigenvalue weighted by Gasteiger charge is 2.30. The van der Waals surface area contributed by atoms with Crippen molar-refractivity contribution in [1.82, 2.24) is 14.4 Å². The average Bonchev–Trinajstić information content (AvgIpc) is 3.06. The predicted octanol–water partition coefficient (Wildman–Crippen LogP) is 2.50. The minimum atomic E-state index is -3.10. The van der Waals surface area contributed by atoms with Crippen LogP contribution < -0.4 is 0 Å². The number of nitrogens with zero attached hydrogens (tertiary/aromatic N) is 3. The molecule has 1 aromatic heterocycles.